The predicted molar refractivity (Wildman–Crippen MR) is 129 cm³/mol. The molecule has 7 heteroatoms. The molecule has 32 heavy (non-hydrogen) atoms. The topological polar surface area (TPSA) is 76.7 Å². The van der Waals surface area contributed by atoms with Gasteiger partial charge in [0, 0.05) is 10.6 Å². The second-order valence-electron chi connectivity index (χ2n) is 6.86. The van der Waals surface area contributed by atoms with Crippen LogP contribution in [0.15, 0.2) is 83.8 Å². The number of para-hydroxylation sites is 3. The molecule has 0 saturated carbocycles. The quantitative estimate of drug-likeness (QED) is 0.414. The fourth-order valence-corrected chi connectivity index (χ4v) is 3.78. The van der Waals surface area contributed by atoms with Gasteiger partial charge in [-0.1, -0.05) is 36.4 Å². The number of nitrogens with one attached hydrogen (secondary N) is 2. The third kappa shape index (κ3) is 7.06. The van der Waals surface area contributed by atoms with Crippen molar-refractivity contribution in [3.8, 4) is 11.5 Å². The number of thioether (sulfide) groups is 1. The van der Waals surface area contributed by atoms with Crippen LogP contribution in [0, 0.1) is 0 Å². The van der Waals surface area contributed by atoms with Crippen LogP contribution in [-0.4, -0.2) is 30.3 Å². The third-order valence-corrected chi connectivity index (χ3v) is 5.45. The molecule has 0 heterocycles. The highest BCUT2D eigenvalue weighted by Gasteiger charge is 2.17. The SMILES string of the molecule is CCOc1ccccc1NC(=O)C(C)Sc1cccc(NC(=O)COc2ccccc2)c1. The van der Waals surface area contributed by atoms with Crippen molar-refractivity contribution >= 4 is 35.0 Å². The summed E-state index contributed by atoms with van der Waals surface area (Å²) in [5, 5.41) is 5.40. The Morgan fingerprint density at radius 1 is 0.906 bits per heavy atom. The van der Waals surface area contributed by atoms with Gasteiger partial charge in [-0.3, -0.25) is 9.59 Å². The fraction of sp³-hybridized carbons (Fsp3) is 0.200. The molecule has 1 atom stereocenters. The molecule has 0 bridgehead atoms. The predicted octanol–water partition coefficient (Wildman–Crippen LogP) is 5.22. The lowest BCUT2D eigenvalue weighted by Gasteiger charge is -2.15. The van der Waals surface area contributed by atoms with E-state index in [1.807, 2.05) is 74.5 Å². The number of hydrogen-bond donors (Lipinski definition) is 2. The van der Waals surface area contributed by atoms with Gasteiger partial charge in [-0.05, 0) is 56.3 Å². The van der Waals surface area contributed by atoms with E-state index in [4.69, 9.17) is 9.47 Å². The zero-order valence-electron chi connectivity index (χ0n) is 18.0. The van der Waals surface area contributed by atoms with Crippen molar-refractivity contribution in [2.45, 2.75) is 24.0 Å². The highest BCUT2D eigenvalue weighted by molar-refractivity contribution is 8.00. The highest BCUT2D eigenvalue weighted by atomic mass is 32.2. The molecule has 0 aromatic heterocycles. The molecule has 3 aromatic rings. The molecule has 0 radical (unpaired) electrons. The molecule has 6 nitrogen and oxygen atoms in total. The van der Waals surface area contributed by atoms with E-state index >= 15 is 0 Å². The van der Waals surface area contributed by atoms with E-state index in [1.54, 1.807) is 18.2 Å². The first-order valence-corrected chi connectivity index (χ1v) is 11.2. The first-order chi connectivity index (χ1) is 15.5. The molecule has 3 rings (SSSR count). The maximum atomic E-state index is 12.7. The van der Waals surface area contributed by atoms with Gasteiger partial charge < -0.3 is 20.1 Å². The highest BCUT2D eigenvalue weighted by Crippen LogP contribution is 2.28. The van der Waals surface area contributed by atoms with E-state index in [9.17, 15) is 9.59 Å². The minimum absolute atomic E-state index is 0.0839. The van der Waals surface area contributed by atoms with Crippen LogP contribution in [-0.2, 0) is 9.59 Å². The normalized spacial score (nSPS) is 11.3. The molecule has 0 aliphatic carbocycles. The number of ether oxygens (including phenoxy) is 2. The van der Waals surface area contributed by atoms with Gasteiger partial charge in [0.15, 0.2) is 6.61 Å². The Labute approximate surface area is 192 Å². The fourth-order valence-electron chi connectivity index (χ4n) is 2.85. The number of anilines is 2. The number of benzene rings is 3. The van der Waals surface area contributed by atoms with E-state index in [1.165, 1.54) is 11.8 Å². The van der Waals surface area contributed by atoms with Crippen LogP contribution < -0.4 is 20.1 Å². The Bertz CT molecular complexity index is 1040. The van der Waals surface area contributed by atoms with Gasteiger partial charge in [0.1, 0.15) is 11.5 Å². The van der Waals surface area contributed by atoms with Gasteiger partial charge in [-0.15, -0.1) is 11.8 Å². The zero-order chi connectivity index (χ0) is 22.8. The molecule has 1 unspecified atom stereocenters. The zero-order valence-corrected chi connectivity index (χ0v) is 18.9. The minimum Gasteiger partial charge on any atom is -0.492 e. The van der Waals surface area contributed by atoms with Crippen molar-refractivity contribution in [3.05, 3.63) is 78.9 Å². The Morgan fingerprint density at radius 2 is 1.66 bits per heavy atom. The van der Waals surface area contributed by atoms with Gasteiger partial charge in [0.25, 0.3) is 5.91 Å². The first kappa shape index (κ1) is 23.2. The summed E-state index contributed by atoms with van der Waals surface area (Å²) >= 11 is 1.41. The van der Waals surface area contributed by atoms with Crippen LogP contribution in [0.1, 0.15) is 13.8 Å². The van der Waals surface area contributed by atoms with E-state index in [0.717, 1.165) is 4.90 Å². The van der Waals surface area contributed by atoms with Crippen molar-refractivity contribution in [2.24, 2.45) is 0 Å². The van der Waals surface area contributed by atoms with Gasteiger partial charge in [-0.2, -0.15) is 0 Å². The van der Waals surface area contributed by atoms with Gasteiger partial charge >= 0.3 is 0 Å². The molecule has 0 saturated heterocycles. The summed E-state index contributed by atoms with van der Waals surface area (Å²) in [5.74, 6) is 0.892. The number of amides is 2. The summed E-state index contributed by atoms with van der Waals surface area (Å²) < 4.78 is 11.0. The minimum atomic E-state index is -0.350. The molecular formula is C25H26N2O4S. The van der Waals surface area contributed by atoms with E-state index in [-0.39, 0.29) is 23.7 Å². The Balaban J connectivity index is 1.54. The lowest BCUT2D eigenvalue weighted by Crippen LogP contribution is -2.23. The second kappa shape index (κ2) is 11.8. The van der Waals surface area contributed by atoms with Crippen LogP contribution in [0.25, 0.3) is 0 Å². The summed E-state index contributed by atoms with van der Waals surface area (Å²) in [7, 11) is 0. The van der Waals surface area contributed by atoms with Crippen molar-refractivity contribution in [1.82, 2.24) is 0 Å². The second-order valence-corrected chi connectivity index (χ2v) is 8.27. The summed E-state index contributed by atoms with van der Waals surface area (Å²) in [6.07, 6.45) is 0. The summed E-state index contributed by atoms with van der Waals surface area (Å²) in [6.45, 7) is 4.17. The number of carbonyl (C=O) groups is 2. The number of rotatable bonds is 10. The van der Waals surface area contributed by atoms with E-state index < -0.39 is 0 Å². The maximum Gasteiger partial charge on any atom is 0.262 e. The largest absolute Gasteiger partial charge is 0.492 e. The van der Waals surface area contributed by atoms with Crippen LogP contribution in [0.5, 0.6) is 11.5 Å². The van der Waals surface area contributed by atoms with Crippen molar-refractivity contribution in [1.29, 1.82) is 0 Å². The average Bonchev–Trinajstić information content (AvgIpc) is 2.80. The standard InChI is InChI=1S/C25H26N2O4S/c1-3-30-23-15-8-7-14-22(23)27-25(29)18(2)32-21-13-9-10-19(16-21)26-24(28)17-31-20-11-5-4-6-12-20/h4-16,18H,3,17H2,1-2H3,(H,26,28)(H,27,29). The maximum absolute atomic E-state index is 12.7. The van der Waals surface area contributed by atoms with Gasteiger partial charge in [0.05, 0.1) is 17.5 Å². The average molecular weight is 451 g/mol. The molecule has 2 amide bonds. The number of carbonyl (C=O) groups excluding carboxylic acids is 2. The lowest BCUT2D eigenvalue weighted by molar-refractivity contribution is -0.118. The van der Waals surface area contributed by atoms with Gasteiger partial charge in [0.2, 0.25) is 5.91 Å². The summed E-state index contributed by atoms with van der Waals surface area (Å²) in [5.41, 5.74) is 1.29. The Kier molecular flexibility index (Phi) is 8.57. The molecule has 3 aromatic carbocycles. The van der Waals surface area contributed by atoms with Crippen LogP contribution >= 0.6 is 11.8 Å². The van der Waals surface area contributed by atoms with Crippen LogP contribution in [0.3, 0.4) is 0 Å². The van der Waals surface area contributed by atoms with Crippen molar-refractivity contribution in [2.75, 3.05) is 23.8 Å². The van der Waals surface area contributed by atoms with Gasteiger partial charge in [-0.25, -0.2) is 0 Å². The van der Waals surface area contributed by atoms with Crippen molar-refractivity contribution < 1.29 is 19.1 Å². The summed E-state index contributed by atoms with van der Waals surface area (Å²) in [4.78, 5) is 25.7. The molecule has 2 N–H and O–H groups in total. The Morgan fingerprint density at radius 3 is 2.44 bits per heavy atom. The van der Waals surface area contributed by atoms with Crippen molar-refractivity contribution in [3.63, 3.8) is 0 Å². The summed E-state index contributed by atoms with van der Waals surface area (Å²) in [6, 6.07) is 23.9. The molecule has 0 aliphatic rings. The van der Waals surface area contributed by atoms with E-state index in [0.29, 0.717) is 29.5 Å². The van der Waals surface area contributed by atoms with Crippen LogP contribution in [0.2, 0.25) is 0 Å². The number of hydrogen-bond acceptors (Lipinski definition) is 5. The van der Waals surface area contributed by atoms with Crippen LogP contribution in [0.4, 0.5) is 11.4 Å². The molecule has 0 spiro atoms. The first-order valence-electron chi connectivity index (χ1n) is 10.3. The molecule has 166 valence electrons. The third-order valence-electron chi connectivity index (χ3n) is 4.36. The molecule has 0 fully saturated rings. The monoisotopic (exact) mass is 450 g/mol. The lowest BCUT2D eigenvalue weighted by atomic mass is 10.3. The molecular weight excluding hydrogens is 424 g/mol. The Hall–Kier alpha value is -3.45. The molecule has 0 aliphatic heterocycles. The smallest absolute Gasteiger partial charge is 0.262 e. The van der Waals surface area contributed by atoms with E-state index in [2.05, 4.69) is 10.6 Å².